The van der Waals surface area contributed by atoms with Crippen LogP contribution in [0, 0.1) is 0 Å². The van der Waals surface area contributed by atoms with Gasteiger partial charge in [0, 0.05) is 0 Å². The second kappa shape index (κ2) is 4.60. The molecule has 17 heavy (non-hydrogen) atoms. The maximum atomic E-state index is 11.6. The number of phenolic OH excluding ortho intramolecular Hbond substituents is 1. The second-order valence-electron chi connectivity index (χ2n) is 3.50. The Bertz CT molecular complexity index is 537. The highest BCUT2D eigenvalue weighted by Crippen LogP contribution is 2.11. The highest BCUT2D eigenvalue weighted by molar-refractivity contribution is 5.90. The minimum Gasteiger partial charge on any atom is -0.508 e. The van der Waals surface area contributed by atoms with Crippen molar-refractivity contribution in [3.05, 3.63) is 29.8 Å². The highest BCUT2D eigenvalue weighted by Gasteiger charge is 2.07. The standard InChI is InChI=1S/C10H11N5O2/c1-15-13-10(12-14-15)11-9(17)6-7-3-2-4-8(16)5-7/h2-5,16H,6H2,1H3,(H,11,13,17). The van der Waals surface area contributed by atoms with E-state index in [1.807, 2.05) is 0 Å². The molecule has 2 rings (SSSR count). The number of nitrogens with one attached hydrogen (secondary N) is 1. The number of aromatic hydroxyl groups is 1. The summed E-state index contributed by atoms with van der Waals surface area (Å²) in [6.45, 7) is 0. The monoisotopic (exact) mass is 233 g/mol. The minimum absolute atomic E-state index is 0.132. The molecule has 7 heteroatoms. The molecule has 0 aliphatic heterocycles. The number of phenols is 1. The number of aryl methyl sites for hydroxylation is 1. The Morgan fingerprint density at radius 2 is 2.35 bits per heavy atom. The molecule has 7 nitrogen and oxygen atoms in total. The number of carbonyl (C=O) groups excluding carboxylic acids is 1. The van der Waals surface area contributed by atoms with Gasteiger partial charge in [-0.3, -0.25) is 10.1 Å². The molecule has 2 aromatic rings. The lowest BCUT2D eigenvalue weighted by atomic mass is 10.1. The summed E-state index contributed by atoms with van der Waals surface area (Å²) in [5, 5.41) is 22.8. The number of amides is 1. The fourth-order valence-electron chi connectivity index (χ4n) is 1.35. The van der Waals surface area contributed by atoms with E-state index in [2.05, 4.69) is 20.7 Å². The Balaban J connectivity index is 1.98. The van der Waals surface area contributed by atoms with Crippen LogP contribution in [0.3, 0.4) is 0 Å². The van der Waals surface area contributed by atoms with Crippen molar-refractivity contribution in [2.75, 3.05) is 5.32 Å². The van der Waals surface area contributed by atoms with E-state index in [9.17, 15) is 9.90 Å². The van der Waals surface area contributed by atoms with Crippen LogP contribution in [0.1, 0.15) is 5.56 Å². The average Bonchev–Trinajstić information content (AvgIpc) is 2.63. The van der Waals surface area contributed by atoms with Crippen molar-refractivity contribution >= 4 is 11.9 Å². The van der Waals surface area contributed by atoms with Gasteiger partial charge in [-0.1, -0.05) is 17.2 Å². The Morgan fingerprint density at radius 3 is 3.00 bits per heavy atom. The first-order chi connectivity index (χ1) is 8.13. The SMILES string of the molecule is Cn1nnc(NC(=O)Cc2cccc(O)c2)n1. The van der Waals surface area contributed by atoms with Crippen LogP contribution in [0.4, 0.5) is 5.95 Å². The zero-order valence-electron chi connectivity index (χ0n) is 9.16. The quantitative estimate of drug-likeness (QED) is 0.784. The van der Waals surface area contributed by atoms with Gasteiger partial charge in [-0.15, -0.1) is 5.10 Å². The Hall–Kier alpha value is -2.44. The average molecular weight is 233 g/mol. The third-order valence-electron chi connectivity index (χ3n) is 2.03. The molecule has 0 saturated heterocycles. The van der Waals surface area contributed by atoms with Gasteiger partial charge in [0.2, 0.25) is 5.91 Å². The Morgan fingerprint density at radius 1 is 1.53 bits per heavy atom. The fraction of sp³-hybridized carbons (Fsp3) is 0.200. The first kappa shape index (κ1) is 11.1. The highest BCUT2D eigenvalue weighted by atomic mass is 16.3. The van der Waals surface area contributed by atoms with Crippen LogP contribution in [-0.4, -0.2) is 31.2 Å². The second-order valence-corrected chi connectivity index (χ2v) is 3.50. The van der Waals surface area contributed by atoms with E-state index < -0.39 is 0 Å². The predicted molar refractivity (Wildman–Crippen MR) is 59.2 cm³/mol. The predicted octanol–water partition coefficient (Wildman–Crippen LogP) is 0.0969. The maximum absolute atomic E-state index is 11.6. The summed E-state index contributed by atoms with van der Waals surface area (Å²) in [7, 11) is 1.61. The van der Waals surface area contributed by atoms with E-state index in [0.717, 1.165) is 0 Å². The summed E-state index contributed by atoms with van der Waals surface area (Å²) in [5.41, 5.74) is 0.714. The number of aromatic nitrogens is 4. The molecule has 0 radical (unpaired) electrons. The van der Waals surface area contributed by atoms with Crippen LogP contribution < -0.4 is 5.32 Å². The molecule has 0 saturated carbocycles. The van der Waals surface area contributed by atoms with Gasteiger partial charge in [0.25, 0.3) is 5.95 Å². The molecule has 1 aromatic carbocycles. The van der Waals surface area contributed by atoms with Crippen LogP contribution in [0.5, 0.6) is 5.75 Å². The minimum atomic E-state index is -0.261. The van der Waals surface area contributed by atoms with E-state index in [1.54, 1.807) is 25.2 Å². The zero-order valence-corrected chi connectivity index (χ0v) is 9.16. The zero-order chi connectivity index (χ0) is 12.3. The number of hydrogen-bond acceptors (Lipinski definition) is 5. The van der Waals surface area contributed by atoms with Gasteiger partial charge in [0.05, 0.1) is 13.5 Å². The van der Waals surface area contributed by atoms with Gasteiger partial charge in [0.15, 0.2) is 0 Å². The molecule has 1 aromatic heterocycles. The summed E-state index contributed by atoms with van der Waals surface area (Å²) in [6, 6.07) is 6.51. The van der Waals surface area contributed by atoms with Crippen molar-refractivity contribution in [1.29, 1.82) is 0 Å². The number of benzene rings is 1. The van der Waals surface area contributed by atoms with Gasteiger partial charge in [-0.05, 0) is 22.9 Å². The third-order valence-corrected chi connectivity index (χ3v) is 2.03. The molecule has 0 bridgehead atoms. The maximum Gasteiger partial charge on any atom is 0.270 e. The number of anilines is 1. The van der Waals surface area contributed by atoms with Crippen molar-refractivity contribution in [3.63, 3.8) is 0 Å². The van der Waals surface area contributed by atoms with E-state index >= 15 is 0 Å². The van der Waals surface area contributed by atoms with Crippen molar-refractivity contribution in [1.82, 2.24) is 20.2 Å². The van der Waals surface area contributed by atoms with Gasteiger partial charge in [0.1, 0.15) is 5.75 Å². The van der Waals surface area contributed by atoms with Gasteiger partial charge >= 0.3 is 0 Å². The van der Waals surface area contributed by atoms with Gasteiger partial charge < -0.3 is 5.11 Å². The molecule has 1 heterocycles. The number of nitrogens with zero attached hydrogens (tertiary/aromatic N) is 4. The number of tetrazole rings is 1. The van der Waals surface area contributed by atoms with Crippen LogP contribution in [0.25, 0.3) is 0 Å². The van der Waals surface area contributed by atoms with E-state index in [0.29, 0.717) is 5.56 Å². The van der Waals surface area contributed by atoms with E-state index in [-0.39, 0.29) is 24.0 Å². The summed E-state index contributed by atoms with van der Waals surface area (Å²) in [5.74, 6) is 0.0363. The molecule has 0 atom stereocenters. The third kappa shape index (κ3) is 3.00. The van der Waals surface area contributed by atoms with E-state index in [1.165, 1.54) is 10.9 Å². The molecular formula is C10H11N5O2. The van der Waals surface area contributed by atoms with Crippen LogP contribution >= 0.6 is 0 Å². The van der Waals surface area contributed by atoms with E-state index in [4.69, 9.17) is 0 Å². The van der Waals surface area contributed by atoms with Crippen molar-refractivity contribution in [2.45, 2.75) is 6.42 Å². The topological polar surface area (TPSA) is 92.9 Å². The first-order valence-electron chi connectivity index (χ1n) is 4.95. The van der Waals surface area contributed by atoms with Crippen LogP contribution in [0.15, 0.2) is 24.3 Å². The fourth-order valence-corrected chi connectivity index (χ4v) is 1.35. The van der Waals surface area contributed by atoms with Crippen molar-refractivity contribution in [3.8, 4) is 5.75 Å². The smallest absolute Gasteiger partial charge is 0.270 e. The molecule has 0 unspecified atom stereocenters. The van der Waals surface area contributed by atoms with Gasteiger partial charge in [-0.25, -0.2) is 0 Å². The number of hydrogen-bond donors (Lipinski definition) is 2. The molecule has 0 spiro atoms. The first-order valence-corrected chi connectivity index (χ1v) is 4.95. The Kier molecular flexibility index (Phi) is 2.99. The van der Waals surface area contributed by atoms with Crippen LogP contribution in [-0.2, 0) is 18.3 Å². The lowest BCUT2D eigenvalue weighted by Crippen LogP contribution is -2.15. The van der Waals surface area contributed by atoms with Crippen molar-refractivity contribution in [2.24, 2.45) is 7.05 Å². The number of carbonyl (C=O) groups is 1. The molecule has 88 valence electrons. The molecule has 0 aliphatic rings. The Labute approximate surface area is 97.1 Å². The van der Waals surface area contributed by atoms with Crippen LogP contribution in [0.2, 0.25) is 0 Å². The van der Waals surface area contributed by atoms with Gasteiger partial charge in [-0.2, -0.15) is 4.80 Å². The summed E-state index contributed by atoms with van der Waals surface area (Å²) >= 11 is 0. The molecular weight excluding hydrogens is 222 g/mol. The number of rotatable bonds is 3. The lowest BCUT2D eigenvalue weighted by molar-refractivity contribution is -0.115. The summed E-state index contributed by atoms with van der Waals surface area (Å²) < 4.78 is 0. The molecule has 0 fully saturated rings. The normalized spacial score (nSPS) is 10.2. The summed E-state index contributed by atoms with van der Waals surface area (Å²) in [6.07, 6.45) is 0.145. The molecule has 1 amide bonds. The largest absolute Gasteiger partial charge is 0.508 e. The molecule has 2 N–H and O–H groups in total. The van der Waals surface area contributed by atoms with Crippen molar-refractivity contribution < 1.29 is 9.90 Å². The lowest BCUT2D eigenvalue weighted by Gasteiger charge is -2.01. The molecule has 0 aliphatic carbocycles. The summed E-state index contributed by atoms with van der Waals surface area (Å²) in [4.78, 5) is 12.8.